The topological polar surface area (TPSA) is 41.6 Å². The van der Waals surface area contributed by atoms with Crippen LogP contribution < -0.4 is 10.1 Å². The summed E-state index contributed by atoms with van der Waals surface area (Å²) >= 11 is 0. The molecular formula is C14H20N2O2. The minimum Gasteiger partial charge on any atom is -0.410 e. The van der Waals surface area contributed by atoms with E-state index >= 15 is 0 Å². The second-order valence-electron chi connectivity index (χ2n) is 4.75. The van der Waals surface area contributed by atoms with Crippen LogP contribution in [0.15, 0.2) is 30.3 Å². The number of hydrogen-bond acceptors (Lipinski definition) is 3. The van der Waals surface area contributed by atoms with Gasteiger partial charge in [0.1, 0.15) is 5.75 Å². The van der Waals surface area contributed by atoms with Crippen molar-refractivity contribution in [2.24, 2.45) is 5.92 Å². The summed E-state index contributed by atoms with van der Waals surface area (Å²) in [5.74, 6) is 1.18. The van der Waals surface area contributed by atoms with Crippen molar-refractivity contribution >= 4 is 6.09 Å². The molecule has 4 nitrogen and oxygen atoms in total. The molecule has 2 rings (SSSR count). The predicted molar refractivity (Wildman–Crippen MR) is 70.7 cm³/mol. The van der Waals surface area contributed by atoms with Crippen molar-refractivity contribution in [1.82, 2.24) is 10.2 Å². The first-order valence-corrected chi connectivity index (χ1v) is 6.44. The number of carbonyl (C=O) groups excluding carboxylic acids is 1. The Hall–Kier alpha value is -1.55. The van der Waals surface area contributed by atoms with Gasteiger partial charge in [0.25, 0.3) is 0 Å². The maximum absolute atomic E-state index is 11.9. The third kappa shape index (κ3) is 3.74. The lowest BCUT2D eigenvalue weighted by Gasteiger charge is -2.27. The van der Waals surface area contributed by atoms with E-state index in [0.29, 0.717) is 11.7 Å². The van der Waals surface area contributed by atoms with Crippen LogP contribution in [0.2, 0.25) is 0 Å². The van der Waals surface area contributed by atoms with Gasteiger partial charge in [-0.25, -0.2) is 4.79 Å². The van der Waals surface area contributed by atoms with Crippen molar-refractivity contribution in [3.8, 4) is 5.75 Å². The summed E-state index contributed by atoms with van der Waals surface area (Å²) in [5, 5.41) is 3.32. The quantitative estimate of drug-likeness (QED) is 0.891. The zero-order valence-corrected chi connectivity index (χ0v) is 10.8. The number of para-hydroxylation sites is 1. The van der Waals surface area contributed by atoms with Gasteiger partial charge in [-0.1, -0.05) is 18.2 Å². The molecule has 18 heavy (non-hydrogen) atoms. The van der Waals surface area contributed by atoms with E-state index in [1.54, 1.807) is 24.1 Å². The highest BCUT2D eigenvalue weighted by atomic mass is 16.6. The van der Waals surface area contributed by atoms with Crippen molar-refractivity contribution in [3.63, 3.8) is 0 Å². The fourth-order valence-corrected chi connectivity index (χ4v) is 2.19. The molecule has 0 unspecified atom stereocenters. The third-order valence-electron chi connectivity index (χ3n) is 3.25. The summed E-state index contributed by atoms with van der Waals surface area (Å²) in [7, 11) is 1.80. The minimum absolute atomic E-state index is 0.278. The molecule has 0 aliphatic carbocycles. The second-order valence-corrected chi connectivity index (χ2v) is 4.75. The predicted octanol–water partition coefficient (Wildman–Crippen LogP) is 2.12. The molecule has 4 heteroatoms. The number of nitrogens with zero attached hydrogens (tertiary/aromatic N) is 1. The number of rotatable bonds is 3. The Morgan fingerprint density at radius 2 is 2.00 bits per heavy atom. The third-order valence-corrected chi connectivity index (χ3v) is 3.25. The maximum atomic E-state index is 11.9. The van der Waals surface area contributed by atoms with E-state index in [2.05, 4.69) is 5.32 Å². The van der Waals surface area contributed by atoms with E-state index < -0.39 is 0 Å². The number of piperidine rings is 1. The number of benzene rings is 1. The molecule has 1 fully saturated rings. The monoisotopic (exact) mass is 248 g/mol. The summed E-state index contributed by atoms with van der Waals surface area (Å²) in [6, 6.07) is 9.19. The Labute approximate surface area is 108 Å². The number of hydrogen-bond donors (Lipinski definition) is 1. The lowest BCUT2D eigenvalue weighted by Crippen LogP contribution is -2.38. The summed E-state index contributed by atoms with van der Waals surface area (Å²) in [6.07, 6.45) is 1.98. The van der Waals surface area contributed by atoms with E-state index in [-0.39, 0.29) is 6.09 Å². The Morgan fingerprint density at radius 3 is 2.67 bits per heavy atom. The molecule has 1 aliphatic rings. The summed E-state index contributed by atoms with van der Waals surface area (Å²) in [4.78, 5) is 13.5. The first-order chi connectivity index (χ1) is 8.75. The van der Waals surface area contributed by atoms with Gasteiger partial charge in [0.15, 0.2) is 0 Å². The summed E-state index contributed by atoms with van der Waals surface area (Å²) in [6.45, 7) is 2.87. The fraction of sp³-hybridized carbons (Fsp3) is 0.500. The van der Waals surface area contributed by atoms with Crippen molar-refractivity contribution in [2.45, 2.75) is 12.8 Å². The number of ether oxygens (including phenoxy) is 1. The fourth-order valence-electron chi connectivity index (χ4n) is 2.19. The van der Waals surface area contributed by atoms with Crippen molar-refractivity contribution in [1.29, 1.82) is 0 Å². The summed E-state index contributed by atoms with van der Waals surface area (Å²) in [5.41, 5.74) is 0. The Morgan fingerprint density at radius 1 is 1.33 bits per heavy atom. The van der Waals surface area contributed by atoms with Gasteiger partial charge < -0.3 is 15.0 Å². The largest absolute Gasteiger partial charge is 0.414 e. The molecule has 1 amide bonds. The minimum atomic E-state index is -0.278. The molecule has 1 aliphatic heterocycles. The second kappa shape index (κ2) is 6.40. The van der Waals surface area contributed by atoms with Gasteiger partial charge in [0.2, 0.25) is 0 Å². The average Bonchev–Trinajstić information content (AvgIpc) is 2.41. The highest BCUT2D eigenvalue weighted by Gasteiger charge is 2.19. The molecule has 0 bridgehead atoms. The Balaban J connectivity index is 1.81. The van der Waals surface area contributed by atoms with Gasteiger partial charge in [0.05, 0.1) is 0 Å². The zero-order valence-electron chi connectivity index (χ0n) is 10.8. The van der Waals surface area contributed by atoms with Crippen LogP contribution in [0.5, 0.6) is 5.75 Å². The Kier molecular flexibility index (Phi) is 4.59. The molecule has 0 aromatic heterocycles. The van der Waals surface area contributed by atoms with Crippen LogP contribution >= 0.6 is 0 Å². The van der Waals surface area contributed by atoms with Crippen molar-refractivity contribution in [3.05, 3.63) is 30.3 Å². The van der Waals surface area contributed by atoms with Gasteiger partial charge in [-0.15, -0.1) is 0 Å². The van der Waals surface area contributed by atoms with E-state index in [9.17, 15) is 4.79 Å². The van der Waals surface area contributed by atoms with Crippen molar-refractivity contribution < 1.29 is 9.53 Å². The molecule has 1 aromatic carbocycles. The highest BCUT2D eigenvalue weighted by Crippen LogP contribution is 2.14. The van der Waals surface area contributed by atoms with Crippen LogP contribution in [0.1, 0.15) is 12.8 Å². The molecule has 0 spiro atoms. The average molecular weight is 248 g/mol. The van der Waals surface area contributed by atoms with E-state index in [0.717, 1.165) is 32.5 Å². The van der Waals surface area contributed by atoms with E-state index in [1.165, 1.54) is 0 Å². The molecule has 1 aromatic rings. The molecular weight excluding hydrogens is 228 g/mol. The lowest BCUT2D eigenvalue weighted by atomic mass is 9.98. The van der Waals surface area contributed by atoms with Crippen LogP contribution in [-0.4, -0.2) is 37.7 Å². The lowest BCUT2D eigenvalue weighted by molar-refractivity contribution is 0.151. The SMILES string of the molecule is CN(CC1CCNCC1)C(=O)Oc1ccccc1. The zero-order chi connectivity index (χ0) is 12.8. The normalized spacial score (nSPS) is 16.3. The van der Waals surface area contributed by atoms with Gasteiger partial charge in [-0.2, -0.15) is 0 Å². The highest BCUT2D eigenvalue weighted by molar-refractivity contribution is 5.70. The van der Waals surface area contributed by atoms with Crippen LogP contribution in [0, 0.1) is 5.92 Å². The van der Waals surface area contributed by atoms with Gasteiger partial charge in [0, 0.05) is 13.6 Å². The van der Waals surface area contributed by atoms with E-state index in [4.69, 9.17) is 4.74 Å². The molecule has 0 saturated carbocycles. The molecule has 1 saturated heterocycles. The van der Waals surface area contributed by atoms with Crippen LogP contribution in [0.4, 0.5) is 4.79 Å². The smallest absolute Gasteiger partial charge is 0.410 e. The van der Waals surface area contributed by atoms with Gasteiger partial charge in [-0.3, -0.25) is 0 Å². The molecule has 1 N–H and O–H groups in total. The van der Waals surface area contributed by atoms with Crippen molar-refractivity contribution in [2.75, 3.05) is 26.7 Å². The molecule has 0 atom stereocenters. The van der Waals surface area contributed by atoms with Gasteiger partial charge in [-0.05, 0) is 44.0 Å². The number of carbonyl (C=O) groups is 1. The van der Waals surface area contributed by atoms with Gasteiger partial charge >= 0.3 is 6.09 Å². The molecule has 1 heterocycles. The van der Waals surface area contributed by atoms with E-state index in [1.807, 2.05) is 18.2 Å². The molecule has 98 valence electrons. The standard InChI is InChI=1S/C14H20N2O2/c1-16(11-12-7-9-15-10-8-12)14(17)18-13-5-3-2-4-6-13/h2-6,12,15H,7-11H2,1H3. The van der Waals surface area contributed by atoms with Crippen LogP contribution in [0.25, 0.3) is 0 Å². The maximum Gasteiger partial charge on any atom is 0.414 e. The molecule has 0 radical (unpaired) electrons. The van der Waals surface area contributed by atoms with Crippen LogP contribution in [-0.2, 0) is 0 Å². The summed E-state index contributed by atoms with van der Waals surface area (Å²) < 4.78 is 5.29. The number of amides is 1. The van der Waals surface area contributed by atoms with Crippen LogP contribution in [0.3, 0.4) is 0 Å². The first kappa shape index (κ1) is 12.9. The Bertz CT molecular complexity index is 375. The number of nitrogens with one attached hydrogen (secondary N) is 1. The first-order valence-electron chi connectivity index (χ1n) is 6.44.